The van der Waals surface area contributed by atoms with Gasteiger partial charge in [-0.3, -0.25) is 9.78 Å². The quantitative estimate of drug-likeness (QED) is 0.435. The van der Waals surface area contributed by atoms with Crippen molar-refractivity contribution in [3.8, 4) is 0 Å². The molecule has 0 saturated heterocycles. The van der Waals surface area contributed by atoms with E-state index in [9.17, 15) is 9.59 Å². The molecule has 1 aliphatic carbocycles. The number of aromatic nitrogens is 1. The van der Waals surface area contributed by atoms with Crippen LogP contribution in [0.2, 0.25) is 0 Å². The number of carbonyl (C=O) groups is 2. The van der Waals surface area contributed by atoms with Gasteiger partial charge in [0, 0.05) is 23.3 Å². The summed E-state index contributed by atoms with van der Waals surface area (Å²) in [6, 6.07) is 15.7. The predicted octanol–water partition coefficient (Wildman–Crippen LogP) is 5.91. The summed E-state index contributed by atoms with van der Waals surface area (Å²) in [4.78, 5) is 33.3. The van der Waals surface area contributed by atoms with Crippen LogP contribution in [0.25, 0.3) is 10.9 Å². The highest BCUT2D eigenvalue weighted by Crippen LogP contribution is 2.41. The van der Waals surface area contributed by atoms with E-state index in [0.29, 0.717) is 18.0 Å². The Kier molecular flexibility index (Phi) is 6.35. The SMILES string of the molecule is CCC(C)(C)C1CCc2nc3ccccc3c(C(=O)OCC(=O)N3CCCc4ccccc43)c2C1. The first-order valence-corrected chi connectivity index (χ1v) is 12.8. The standard InChI is InChI=1S/C30H34N2O3/c1-4-30(2,3)21-15-16-25-23(18-21)28(22-12-6-7-13-24(22)31-25)29(34)35-19-27(33)32-17-9-11-20-10-5-8-14-26(20)32/h5-8,10,12-14,21H,4,9,11,15-19H2,1-3H3. The molecular formula is C30H34N2O3. The first kappa shape index (κ1) is 23.5. The predicted molar refractivity (Wildman–Crippen MR) is 139 cm³/mol. The van der Waals surface area contributed by atoms with Crippen LogP contribution in [0.15, 0.2) is 48.5 Å². The molecule has 0 N–H and O–H groups in total. The topological polar surface area (TPSA) is 59.5 Å². The fraction of sp³-hybridized carbons (Fsp3) is 0.433. The molecule has 1 aliphatic heterocycles. The van der Waals surface area contributed by atoms with E-state index < -0.39 is 5.97 Å². The number of hydrogen-bond acceptors (Lipinski definition) is 4. The maximum Gasteiger partial charge on any atom is 0.339 e. The molecule has 0 fully saturated rings. The number of hydrogen-bond donors (Lipinski definition) is 0. The van der Waals surface area contributed by atoms with Crippen LogP contribution in [0.4, 0.5) is 5.69 Å². The van der Waals surface area contributed by atoms with Crippen molar-refractivity contribution in [3.05, 3.63) is 70.9 Å². The summed E-state index contributed by atoms with van der Waals surface area (Å²) in [5.41, 5.74) is 5.67. The van der Waals surface area contributed by atoms with E-state index >= 15 is 0 Å². The zero-order valence-corrected chi connectivity index (χ0v) is 21.0. The number of para-hydroxylation sites is 2. The van der Waals surface area contributed by atoms with Gasteiger partial charge in [0.1, 0.15) is 0 Å². The van der Waals surface area contributed by atoms with Gasteiger partial charge in [-0.15, -0.1) is 0 Å². The van der Waals surface area contributed by atoms with Crippen LogP contribution in [0, 0.1) is 11.3 Å². The van der Waals surface area contributed by atoms with Crippen molar-refractivity contribution in [2.45, 2.75) is 59.3 Å². The molecule has 1 amide bonds. The van der Waals surface area contributed by atoms with E-state index in [2.05, 4.69) is 26.8 Å². The third kappa shape index (κ3) is 4.44. The number of anilines is 1. The number of pyridine rings is 1. The summed E-state index contributed by atoms with van der Waals surface area (Å²) in [5, 5.41) is 0.807. The van der Waals surface area contributed by atoms with Crippen LogP contribution >= 0.6 is 0 Å². The lowest BCUT2D eigenvalue weighted by molar-refractivity contribution is -0.121. The van der Waals surface area contributed by atoms with Gasteiger partial charge in [0.15, 0.2) is 6.61 Å². The lowest BCUT2D eigenvalue weighted by Gasteiger charge is -2.37. The molecule has 1 unspecified atom stereocenters. The minimum Gasteiger partial charge on any atom is -0.452 e. The number of rotatable bonds is 5. The largest absolute Gasteiger partial charge is 0.452 e. The summed E-state index contributed by atoms with van der Waals surface area (Å²) >= 11 is 0. The molecule has 35 heavy (non-hydrogen) atoms. The summed E-state index contributed by atoms with van der Waals surface area (Å²) in [6.45, 7) is 7.24. The van der Waals surface area contributed by atoms with Crippen LogP contribution in [0.1, 0.15) is 67.2 Å². The van der Waals surface area contributed by atoms with Crippen LogP contribution in [-0.4, -0.2) is 30.0 Å². The highest BCUT2D eigenvalue weighted by atomic mass is 16.5. The second kappa shape index (κ2) is 9.44. The molecule has 5 nitrogen and oxygen atoms in total. The van der Waals surface area contributed by atoms with Gasteiger partial charge in [-0.25, -0.2) is 4.79 Å². The maximum atomic E-state index is 13.6. The van der Waals surface area contributed by atoms with Crippen molar-refractivity contribution in [2.24, 2.45) is 11.3 Å². The van der Waals surface area contributed by atoms with Crippen molar-refractivity contribution in [2.75, 3.05) is 18.1 Å². The Balaban J connectivity index is 1.43. The monoisotopic (exact) mass is 470 g/mol. The zero-order valence-electron chi connectivity index (χ0n) is 21.0. The Morgan fingerprint density at radius 1 is 1.09 bits per heavy atom. The molecule has 0 saturated carbocycles. The number of ether oxygens (including phenoxy) is 1. The molecule has 5 heteroatoms. The lowest BCUT2D eigenvalue weighted by atomic mass is 9.68. The minimum atomic E-state index is -0.423. The van der Waals surface area contributed by atoms with E-state index in [1.807, 2.05) is 42.5 Å². The summed E-state index contributed by atoms with van der Waals surface area (Å²) in [7, 11) is 0. The van der Waals surface area contributed by atoms with Gasteiger partial charge in [0.25, 0.3) is 5.91 Å². The van der Waals surface area contributed by atoms with Crippen molar-refractivity contribution in [3.63, 3.8) is 0 Å². The number of carbonyl (C=O) groups excluding carboxylic acids is 2. The molecule has 0 bridgehead atoms. The van der Waals surface area contributed by atoms with E-state index in [0.717, 1.165) is 71.9 Å². The number of esters is 1. The molecule has 0 radical (unpaired) electrons. The molecule has 2 heterocycles. The molecule has 1 atom stereocenters. The Labute approximate surface area is 207 Å². The number of amides is 1. The maximum absolute atomic E-state index is 13.6. The highest BCUT2D eigenvalue weighted by molar-refractivity contribution is 6.06. The molecule has 2 aromatic carbocycles. The number of aryl methyl sites for hydroxylation is 2. The third-order valence-electron chi connectivity index (χ3n) is 8.22. The van der Waals surface area contributed by atoms with Crippen molar-refractivity contribution >= 4 is 28.5 Å². The second-order valence-electron chi connectivity index (χ2n) is 10.6. The zero-order chi connectivity index (χ0) is 24.6. The first-order valence-electron chi connectivity index (χ1n) is 12.8. The van der Waals surface area contributed by atoms with Crippen LogP contribution < -0.4 is 4.90 Å². The molecule has 0 spiro atoms. The molecule has 5 rings (SSSR count). The van der Waals surface area contributed by atoms with Gasteiger partial charge in [0.05, 0.1) is 11.1 Å². The van der Waals surface area contributed by atoms with Gasteiger partial charge < -0.3 is 9.64 Å². The minimum absolute atomic E-state index is 0.178. The molecular weight excluding hydrogens is 436 g/mol. The van der Waals surface area contributed by atoms with Gasteiger partial charge in [-0.2, -0.15) is 0 Å². The van der Waals surface area contributed by atoms with Crippen molar-refractivity contribution in [1.29, 1.82) is 0 Å². The Morgan fingerprint density at radius 3 is 2.69 bits per heavy atom. The van der Waals surface area contributed by atoms with Crippen molar-refractivity contribution in [1.82, 2.24) is 4.98 Å². The average molecular weight is 471 g/mol. The summed E-state index contributed by atoms with van der Waals surface area (Å²) < 4.78 is 5.72. The normalized spacial score (nSPS) is 17.6. The number of benzene rings is 2. The highest BCUT2D eigenvalue weighted by Gasteiger charge is 2.35. The van der Waals surface area contributed by atoms with Crippen molar-refractivity contribution < 1.29 is 14.3 Å². The number of fused-ring (bicyclic) bond motifs is 3. The summed E-state index contributed by atoms with van der Waals surface area (Å²) in [6.07, 6.45) is 5.70. The lowest BCUT2D eigenvalue weighted by Crippen LogP contribution is -2.38. The van der Waals surface area contributed by atoms with Gasteiger partial charge in [-0.1, -0.05) is 63.6 Å². The number of nitrogens with zero attached hydrogens (tertiary/aromatic N) is 2. The fourth-order valence-electron chi connectivity index (χ4n) is 5.65. The summed E-state index contributed by atoms with van der Waals surface area (Å²) in [5.74, 6) is -0.128. The smallest absolute Gasteiger partial charge is 0.339 e. The van der Waals surface area contributed by atoms with E-state index in [1.54, 1.807) is 4.90 Å². The second-order valence-corrected chi connectivity index (χ2v) is 10.6. The first-order chi connectivity index (χ1) is 16.9. The Bertz CT molecular complexity index is 1280. The Hall–Kier alpha value is -3.21. The molecule has 1 aromatic heterocycles. The van der Waals surface area contributed by atoms with Crippen LogP contribution in [0.3, 0.4) is 0 Å². The van der Waals surface area contributed by atoms with E-state index in [4.69, 9.17) is 9.72 Å². The van der Waals surface area contributed by atoms with Gasteiger partial charge in [0.2, 0.25) is 0 Å². The van der Waals surface area contributed by atoms with Gasteiger partial charge >= 0.3 is 5.97 Å². The third-order valence-corrected chi connectivity index (χ3v) is 8.22. The molecule has 182 valence electrons. The molecule has 3 aromatic rings. The fourth-order valence-corrected chi connectivity index (χ4v) is 5.65. The van der Waals surface area contributed by atoms with Crippen LogP contribution in [0.5, 0.6) is 0 Å². The Morgan fingerprint density at radius 2 is 1.86 bits per heavy atom. The average Bonchev–Trinajstić information content (AvgIpc) is 2.89. The van der Waals surface area contributed by atoms with Crippen LogP contribution in [-0.2, 0) is 28.8 Å². The van der Waals surface area contributed by atoms with E-state index in [-0.39, 0.29) is 17.9 Å². The van der Waals surface area contributed by atoms with Gasteiger partial charge in [-0.05, 0) is 66.7 Å². The van der Waals surface area contributed by atoms with E-state index in [1.165, 1.54) is 0 Å². The molecule has 2 aliphatic rings.